The number of carbonyl (C=O) groups excluding carboxylic acids is 2. The first-order valence-corrected chi connectivity index (χ1v) is 12.3. The van der Waals surface area contributed by atoms with Gasteiger partial charge in [-0.3, -0.25) is 14.6 Å². The van der Waals surface area contributed by atoms with Crippen LogP contribution in [-0.4, -0.2) is 73.4 Å². The highest BCUT2D eigenvalue weighted by atomic mass is 16.5. The molecule has 10 nitrogen and oxygen atoms in total. The Morgan fingerprint density at radius 3 is 2.78 bits per heavy atom. The molecule has 2 aromatic heterocycles. The van der Waals surface area contributed by atoms with E-state index < -0.39 is 0 Å². The summed E-state index contributed by atoms with van der Waals surface area (Å²) < 4.78 is 22.0. The molecule has 37 heavy (non-hydrogen) atoms. The van der Waals surface area contributed by atoms with E-state index in [1.54, 1.807) is 49.6 Å². The maximum Gasteiger partial charge on any atom is 0.276 e. The third-order valence-electron chi connectivity index (χ3n) is 6.17. The highest BCUT2D eigenvalue weighted by Gasteiger charge is 2.26. The average Bonchev–Trinajstić information content (AvgIpc) is 3.63. The number of rotatable bonds is 12. The van der Waals surface area contributed by atoms with Gasteiger partial charge in [0.15, 0.2) is 11.5 Å². The van der Waals surface area contributed by atoms with Crippen LogP contribution in [-0.2, 0) is 16.0 Å². The number of carbonyl (C=O) groups is 2. The van der Waals surface area contributed by atoms with Crippen LogP contribution in [0.2, 0.25) is 0 Å². The van der Waals surface area contributed by atoms with E-state index in [9.17, 15) is 9.59 Å². The Balaban J connectivity index is 1.41. The van der Waals surface area contributed by atoms with Crippen LogP contribution in [0, 0.1) is 0 Å². The molecule has 0 radical (unpaired) electrons. The van der Waals surface area contributed by atoms with Gasteiger partial charge in [-0.15, -0.1) is 0 Å². The molecule has 196 valence electrons. The second-order valence-corrected chi connectivity index (χ2v) is 8.70. The first kappa shape index (κ1) is 26.2. The average molecular weight is 509 g/mol. The van der Waals surface area contributed by atoms with Crippen molar-refractivity contribution in [3.05, 3.63) is 60.0 Å². The van der Waals surface area contributed by atoms with Crippen molar-refractivity contribution in [1.29, 1.82) is 0 Å². The minimum atomic E-state index is -0.325. The van der Waals surface area contributed by atoms with Gasteiger partial charge in [0.2, 0.25) is 5.91 Å². The Kier molecular flexibility index (Phi) is 9.09. The molecular formula is C27H32N4O6. The lowest BCUT2D eigenvalue weighted by atomic mass is 10.1. The van der Waals surface area contributed by atoms with Gasteiger partial charge in [0.1, 0.15) is 11.5 Å². The Labute approximate surface area is 215 Å². The van der Waals surface area contributed by atoms with E-state index in [1.165, 1.54) is 0 Å². The summed E-state index contributed by atoms with van der Waals surface area (Å²) in [5.74, 6) is 1.10. The molecule has 1 atom stereocenters. The largest absolute Gasteiger partial charge is 0.497 e. The Morgan fingerprint density at radius 2 is 2.05 bits per heavy atom. The fraction of sp³-hybridized carbons (Fsp3) is 0.407. The normalized spacial score (nSPS) is 14.8. The number of benzene rings is 1. The molecule has 3 heterocycles. The lowest BCUT2D eigenvalue weighted by Gasteiger charge is -2.24. The van der Waals surface area contributed by atoms with Crippen molar-refractivity contribution in [2.75, 3.05) is 40.5 Å². The Bertz CT molecular complexity index is 1180. The van der Waals surface area contributed by atoms with Crippen LogP contribution >= 0.6 is 0 Å². The third kappa shape index (κ3) is 7.07. The number of hydrogen-bond acceptors (Lipinski definition) is 8. The predicted octanol–water partition coefficient (Wildman–Crippen LogP) is 3.12. The number of nitrogens with zero attached hydrogens (tertiary/aromatic N) is 3. The van der Waals surface area contributed by atoms with Crippen LogP contribution in [0.25, 0.3) is 11.3 Å². The molecule has 0 unspecified atom stereocenters. The summed E-state index contributed by atoms with van der Waals surface area (Å²) in [4.78, 5) is 31.8. The van der Waals surface area contributed by atoms with Gasteiger partial charge in [-0.2, -0.15) is 0 Å². The monoisotopic (exact) mass is 508 g/mol. The number of aromatic nitrogens is 2. The minimum absolute atomic E-state index is 0.0685. The van der Waals surface area contributed by atoms with Gasteiger partial charge < -0.3 is 29.0 Å². The van der Waals surface area contributed by atoms with Gasteiger partial charge in [-0.25, -0.2) is 0 Å². The molecule has 2 amide bonds. The molecule has 0 saturated carbocycles. The van der Waals surface area contributed by atoms with E-state index in [-0.39, 0.29) is 36.6 Å². The van der Waals surface area contributed by atoms with E-state index in [4.69, 9.17) is 18.7 Å². The summed E-state index contributed by atoms with van der Waals surface area (Å²) in [6.07, 6.45) is 4.28. The van der Waals surface area contributed by atoms with Crippen molar-refractivity contribution in [3.63, 3.8) is 0 Å². The predicted molar refractivity (Wildman–Crippen MR) is 135 cm³/mol. The summed E-state index contributed by atoms with van der Waals surface area (Å²) >= 11 is 0. The standard InChI is InChI=1S/C27H32N4O6/c1-34-20-8-9-24(35-2)22(16-20)25-17-23(30-37-25)27(33)31(18-21-7-5-15-36-21)14-11-26(32)29-13-10-19-6-3-4-12-28-19/h3-4,6,8-9,12,16-17,21H,5,7,10-11,13-15,18H2,1-2H3,(H,29,32)/t21-/m1/s1. The number of ether oxygens (including phenoxy) is 3. The van der Waals surface area contributed by atoms with Gasteiger partial charge in [-0.05, 0) is 43.2 Å². The van der Waals surface area contributed by atoms with Gasteiger partial charge in [0.25, 0.3) is 5.91 Å². The van der Waals surface area contributed by atoms with Gasteiger partial charge in [0, 0.05) is 57.0 Å². The maximum atomic E-state index is 13.4. The minimum Gasteiger partial charge on any atom is -0.497 e. The second-order valence-electron chi connectivity index (χ2n) is 8.70. The zero-order valence-electron chi connectivity index (χ0n) is 21.1. The molecule has 1 N–H and O–H groups in total. The molecule has 0 aliphatic carbocycles. The topological polar surface area (TPSA) is 116 Å². The molecule has 1 fully saturated rings. The molecule has 0 bridgehead atoms. The second kappa shape index (κ2) is 12.9. The fourth-order valence-electron chi connectivity index (χ4n) is 4.18. The number of methoxy groups -OCH3 is 2. The third-order valence-corrected chi connectivity index (χ3v) is 6.17. The summed E-state index contributed by atoms with van der Waals surface area (Å²) in [5, 5.41) is 6.92. The number of nitrogens with one attached hydrogen (secondary N) is 1. The zero-order valence-corrected chi connectivity index (χ0v) is 21.1. The molecule has 0 spiro atoms. The molecule has 1 aliphatic rings. The number of amides is 2. The zero-order chi connectivity index (χ0) is 26.0. The number of pyridine rings is 1. The summed E-state index contributed by atoms with van der Waals surface area (Å²) in [6, 6.07) is 12.6. The Morgan fingerprint density at radius 1 is 1.16 bits per heavy atom. The molecule has 1 aliphatic heterocycles. The number of hydrogen-bond donors (Lipinski definition) is 1. The Hall–Kier alpha value is -3.92. The highest BCUT2D eigenvalue weighted by Crippen LogP contribution is 2.34. The van der Waals surface area contributed by atoms with Crippen molar-refractivity contribution < 1.29 is 28.3 Å². The lowest BCUT2D eigenvalue weighted by Crippen LogP contribution is -2.40. The van der Waals surface area contributed by atoms with Gasteiger partial charge >= 0.3 is 0 Å². The van der Waals surface area contributed by atoms with Crippen LogP contribution in [0.1, 0.15) is 35.4 Å². The van der Waals surface area contributed by atoms with Gasteiger partial charge in [0.05, 0.1) is 25.9 Å². The first-order chi connectivity index (χ1) is 18.1. The molecule has 1 saturated heterocycles. The van der Waals surface area contributed by atoms with Crippen molar-refractivity contribution in [1.82, 2.24) is 20.4 Å². The van der Waals surface area contributed by atoms with E-state index in [0.29, 0.717) is 48.9 Å². The van der Waals surface area contributed by atoms with Crippen LogP contribution in [0.15, 0.2) is 53.2 Å². The van der Waals surface area contributed by atoms with E-state index in [1.807, 2.05) is 18.2 Å². The fourth-order valence-corrected chi connectivity index (χ4v) is 4.18. The summed E-state index contributed by atoms with van der Waals surface area (Å²) in [6.45, 7) is 1.76. The maximum absolute atomic E-state index is 13.4. The molecule has 1 aromatic carbocycles. The van der Waals surface area contributed by atoms with Crippen LogP contribution in [0.5, 0.6) is 11.5 Å². The molecule has 10 heteroatoms. The van der Waals surface area contributed by atoms with Crippen molar-refractivity contribution >= 4 is 11.8 Å². The summed E-state index contributed by atoms with van der Waals surface area (Å²) in [5.41, 5.74) is 1.67. The quantitative estimate of drug-likeness (QED) is 0.397. The van der Waals surface area contributed by atoms with E-state index in [0.717, 1.165) is 18.5 Å². The first-order valence-electron chi connectivity index (χ1n) is 12.3. The molecule has 3 aromatic rings. The SMILES string of the molecule is COc1ccc(OC)c(-c2cc(C(=O)N(CCC(=O)NCCc3ccccn3)C[C@H]3CCCO3)no2)c1. The highest BCUT2D eigenvalue weighted by molar-refractivity contribution is 5.93. The van der Waals surface area contributed by atoms with E-state index in [2.05, 4.69) is 15.5 Å². The summed E-state index contributed by atoms with van der Waals surface area (Å²) in [7, 11) is 3.12. The van der Waals surface area contributed by atoms with E-state index >= 15 is 0 Å². The molecule has 4 rings (SSSR count). The smallest absolute Gasteiger partial charge is 0.276 e. The van der Waals surface area contributed by atoms with Crippen molar-refractivity contribution in [2.45, 2.75) is 31.8 Å². The van der Waals surface area contributed by atoms with Crippen molar-refractivity contribution in [2.24, 2.45) is 0 Å². The van der Waals surface area contributed by atoms with Gasteiger partial charge in [-0.1, -0.05) is 11.2 Å². The van der Waals surface area contributed by atoms with Crippen LogP contribution in [0.4, 0.5) is 0 Å². The molecular weight excluding hydrogens is 476 g/mol. The van der Waals surface area contributed by atoms with Crippen molar-refractivity contribution in [3.8, 4) is 22.8 Å². The van der Waals surface area contributed by atoms with Crippen LogP contribution < -0.4 is 14.8 Å². The lowest BCUT2D eigenvalue weighted by molar-refractivity contribution is -0.121. The van der Waals surface area contributed by atoms with Crippen LogP contribution in [0.3, 0.4) is 0 Å².